The van der Waals surface area contributed by atoms with E-state index in [0.29, 0.717) is 21.7 Å². The molecular formula is C25H23ClFN3O4S. The van der Waals surface area contributed by atoms with Gasteiger partial charge in [0.25, 0.3) is 5.91 Å². The maximum absolute atomic E-state index is 14.9. The summed E-state index contributed by atoms with van der Waals surface area (Å²) in [5.41, 5.74) is 5.75. The summed E-state index contributed by atoms with van der Waals surface area (Å²) in [7, 11) is -2.40. The lowest BCUT2D eigenvalue weighted by molar-refractivity contribution is -0.129. The Labute approximate surface area is 208 Å². The lowest BCUT2D eigenvalue weighted by atomic mass is 9.81. The lowest BCUT2D eigenvalue weighted by Gasteiger charge is -2.27. The van der Waals surface area contributed by atoms with Crippen molar-refractivity contribution < 1.29 is 21.8 Å². The Balaban J connectivity index is 1.92. The molecule has 4 rings (SSSR count). The third kappa shape index (κ3) is 4.37. The second kappa shape index (κ2) is 8.98. The van der Waals surface area contributed by atoms with Crippen molar-refractivity contribution in [2.75, 3.05) is 7.05 Å². The first-order valence-electron chi connectivity index (χ1n) is 10.7. The van der Waals surface area contributed by atoms with Crippen LogP contribution in [0.1, 0.15) is 25.0 Å². The minimum Gasteiger partial charge on any atom is -0.382 e. The number of likely N-dealkylation sites (N-methyl/N-ethyl adjacent to an activating group) is 1. The first-order valence-corrected chi connectivity index (χ1v) is 12.5. The van der Waals surface area contributed by atoms with Crippen LogP contribution in [0.25, 0.3) is 11.1 Å². The van der Waals surface area contributed by atoms with Crippen LogP contribution < -0.4 is 9.92 Å². The number of halogens is 2. The van der Waals surface area contributed by atoms with Gasteiger partial charge in [-0.2, -0.15) is 8.42 Å². The van der Waals surface area contributed by atoms with Crippen molar-refractivity contribution >= 4 is 33.6 Å². The van der Waals surface area contributed by atoms with Crippen molar-refractivity contribution in [2.24, 2.45) is 10.7 Å². The largest absolute Gasteiger partial charge is 0.382 e. The summed E-state index contributed by atoms with van der Waals surface area (Å²) in [6, 6.07) is 17.0. The fourth-order valence-corrected chi connectivity index (χ4v) is 4.57. The number of amides is 1. The zero-order chi connectivity index (χ0) is 25.5. The molecule has 2 N–H and O–H groups in total. The van der Waals surface area contributed by atoms with E-state index in [1.54, 1.807) is 36.4 Å². The van der Waals surface area contributed by atoms with Crippen LogP contribution in [0.4, 0.5) is 4.39 Å². The van der Waals surface area contributed by atoms with Gasteiger partial charge in [-0.3, -0.25) is 9.69 Å². The number of nitrogens with zero attached hydrogens (tertiary/aromatic N) is 2. The number of benzene rings is 3. The zero-order valence-electron chi connectivity index (χ0n) is 19.2. The van der Waals surface area contributed by atoms with Gasteiger partial charge >= 0.3 is 10.1 Å². The Morgan fingerprint density at radius 1 is 1.06 bits per heavy atom. The maximum atomic E-state index is 14.9. The Morgan fingerprint density at radius 3 is 2.37 bits per heavy atom. The molecule has 0 aliphatic carbocycles. The Hall–Kier alpha value is -3.43. The molecule has 35 heavy (non-hydrogen) atoms. The molecule has 1 unspecified atom stereocenters. The summed E-state index contributed by atoms with van der Waals surface area (Å²) >= 11 is 6.11. The van der Waals surface area contributed by atoms with Gasteiger partial charge in [-0.15, -0.1) is 0 Å². The van der Waals surface area contributed by atoms with Crippen LogP contribution in [0, 0.1) is 5.82 Å². The highest BCUT2D eigenvalue weighted by Gasteiger charge is 2.50. The predicted octanol–water partition coefficient (Wildman–Crippen LogP) is 4.29. The number of aliphatic imine (C=N–C) groups is 1. The topological polar surface area (TPSA) is 102 Å². The summed E-state index contributed by atoms with van der Waals surface area (Å²) in [5, 5.41) is -0.345. The first-order chi connectivity index (χ1) is 16.5. The monoisotopic (exact) mass is 515 g/mol. The Kier molecular flexibility index (Phi) is 6.33. The van der Waals surface area contributed by atoms with Crippen LogP contribution in [0.5, 0.6) is 5.75 Å². The molecule has 0 aromatic heterocycles. The van der Waals surface area contributed by atoms with Crippen LogP contribution in [0.2, 0.25) is 5.02 Å². The van der Waals surface area contributed by atoms with Crippen molar-refractivity contribution in [3.63, 3.8) is 0 Å². The normalized spacial score (nSPS) is 18.2. The summed E-state index contributed by atoms with van der Waals surface area (Å²) in [6.07, 6.45) is 0. The van der Waals surface area contributed by atoms with E-state index in [9.17, 15) is 17.6 Å². The summed E-state index contributed by atoms with van der Waals surface area (Å²) < 4.78 is 44.8. The minimum absolute atomic E-state index is 0.0175. The van der Waals surface area contributed by atoms with Gasteiger partial charge in [0.15, 0.2) is 11.5 Å². The van der Waals surface area contributed by atoms with E-state index in [1.165, 1.54) is 56.1 Å². The van der Waals surface area contributed by atoms with Gasteiger partial charge in [0.2, 0.25) is 0 Å². The number of hydrogen-bond donors (Lipinski definition) is 1. The highest BCUT2D eigenvalue weighted by Crippen LogP contribution is 2.42. The van der Waals surface area contributed by atoms with Crippen LogP contribution in [0.15, 0.2) is 71.7 Å². The van der Waals surface area contributed by atoms with E-state index in [4.69, 9.17) is 21.5 Å². The third-order valence-electron chi connectivity index (χ3n) is 5.80. The van der Waals surface area contributed by atoms with Crippen LogP contribution in [-0.4, -0.2) is 37.5 Å². The van der Waals surface area contributed by atoms with E-state index in [0.717, 1.165) is 0 Å². The fourth-order valence-electron chi connectivity index (χ4n) is 3.82. The number of carbonyl (C=O) groups excluding carboxylic acids is 1. The molecule has 1 aliphatic heterocycles. The summed E-state index contributed by atoms with van der Waals surface area (Å²) in [5.74, 6) is -1.02. The molecule has 1 amide bonds. The highest BCUT2D eigenvalue weighted by atomic mass is 35.5. The molecule has 0 saturated carbocycles. The van der Waals surface area contributed by atoms with Gasteiger partial charge in [-0.1, -0.05) is 41.9 Å². The highest BCUT2D eigenvalue weighted by molar-refractivity contribution is 7.87. The number of carbonyl (C=O) groups is 1. The molecule has 1 atom stereocenters. The van der Waals surface area contributed by atoms with E-state index in [1.807, 2.05) is 0 Å². The molecule has 1 aliphatic rings. The molecule has 10 heteroatoms. The van der Waals surface area contributed by atoms with Gasteiger partial charge < -0.3 is 9.92 Å². The predicted molar refractivity (Wildman–Crippen MR) is 133 cm³/mol. The van der Waals surface area contributed by atoms with Gasteiger partial charge in [-0.25, -0.2) is 9.38 Å². The smallest absolute Gasteiger partial charge is 0.311 e. The van der Waals surface area contributed by atoms with Crippen molar-refractivity contribution in [3.8, 4) is 16.9 Å². The van der Waals surface area contributed by atoms with E-state index in [-0.39, 0.29) is 17.3 Å². The van der Waals surface area contributed by atoms with E-state index >= 15 is 0 Å². The zero-order valence-corrected chi connectivity index (χ0v) is 20.8. The Morgan fingerprint density at radius 2 is 1.74 bits per heavy atom. The number of hydrogen-bond acceptors (Lipinski definition) is 6. The fraction of sp³-hybridized carbons (Fsp3) is 0.200. The van der Waals surface area contributed by atoms with Gasteiger partial charge in [-0.05, 0) is 66.9 Å². The van der Waals surface area contributed by atoms with Gasteiger partial charge in [0, 0.05) is 17.6 Å². The van der Waals surface area contributed by atoms with Crippen LogP contribution in [0.3, 0.4) is 0 Å². The Bertz CT molecular complexity index is 1460. The van der Waals surface area contributed by atoms with Crippen LogP contribution in [-0.2, 0) is 20.5 Å². The third-order valence-corrected chi connectivity index (χ3v) is 7.62. The number of guanidine groups is 1. The summed E-state index contributed by atoms with van der Waals surface area (Å²) in [4.78, 5) is 19.3. The van der Waals surface area contributed by atoms with Crippen molar-refractivity contribution in [1.29, 1.82) is 0 Å². The SMILES string of the molecule is CC(C)S(=O)(=O)Oc1cccc(C2(c3ccc(F)c(-c4cccc(Cl)c4)c3)N=C(N)N(C)C2=O)c1. The molecular weight excluding hydrogens is 493 g/mol. The second-order valence-electron chi connectivity index (χ2n) is 8.40. The number of nitrogens with two attached hydrogens (primary N) is 1. The molecule has 3 aromatic rings. The van der Waals surface area contributed by atoms with Gasteiger partial charge in [0.05, 0.1) is 5.25 Å². The molecule has 1 heterocycles. The van der Waals surface area contributed by atoms with E-state index in [2.05, 4.69) is 4.99 Å². The van der Waals surface area contributed by atoms with Gasteiger partial charge in [0.1, 0.15) is 11.6 Å². The van der Waals surface area contributed by atoms with Crippen LogP contribution >= 0.6 is 11.6 Å². The molecule has 182 valence electrons. The average Bonchev–Trinajstić information content (AvgIpc) is 3.04. The molecule has 3 aromatic carbocycles. The minimum atomic E-state index is -3.88. The molecule has 0 fully saturated rings. The lowest BCUT2D eigenvalue weighted by Crippen LogP contribution is -2.41. The summed E-state index contributed by atoms with van der Waals surface area (Å²) in [6.45, 7) is 2.99. The van der Waals surface area contributed by atoms with Crippen molar-refractivity contribution in [1.82, 2.24) is 4.90 Å². The standard InChI is InChI=1S/C25H23ClFN3O4S/c1-15(2)35(32,33)34-20-9-5-7-17(13-20)25(23(31)30(3)24(28)29-25)18-10-11-22(27)21(14-18)16-6-4-8-19(26)12-16/h4-15H,1-3H3,(H2,28,29). The van der Waals surface area contributed by atoms with E-state index < -0.39 is 32.6 Å². The quantitative estimate of drug-likeness (QED) is 0.493. The molecule has 0 radical (unpaired) electrons. The first kappa shape index (κ1) is 24.7. The maximum Gasteiger partial charge on any atom is 0.311 e. The average molecular weight is 516 g/mol. The second-order valence-corrected chi connectivity index (χ2v) is 10.9. The number of rotatable bonds is 6. The molecule has 0 spiro atoms. The molecule has 7 nitrogen and oxygen atoms in total. The van der Waals surface area contributed by atoms with Crippen molar-refractivity contribution in [3.05, 3.63) is 88.7 Å². The van der Waals surface area contributed by atoms with Crippen molar-refractivity contribution in [2.45, 2.75) is 24.6 Å². The molecule has 0 bridgehead atoms. The molecule has 0 saturated heterocycles.